The SMILES string of the molecule is CCC1=CC=CC(O)C1O. The van der Waals surface area contributed by atoms with Crippen LogP contribution in [-0.2, 0) is 0 Å². The Hall–Kier alpha value is -0.600. The van der Waals surface area contributed by atoms with E-state index < -0.39 is 12.2 Å². The van der Waals surface area contributed by atoms with Crippen LogP contribution in [0.3, 0.4) is 0 Å². The Balaban J connectivity index is 2.71. The van der Waals surface area contributed by atoms with Crippen molar-refractivity contribution >= 4 is 0 Å². The summed E-state index contributed by atoms with van der Waals surface area (Å²) in [5.74, 6) is 0. The first-order valence-corrected chi connectivity index (χ1v) is 3.49. The molecule has 0 bridgehead atoms. The van der Waals surface area contributed by atoms with Gasteiger partial charge in [-0.15, -0.1) is 0 Å². The Morgan fingerprint density at radius 2 is 2.20 bits per heavy atom. The first-order chi connectivity index (χ1) is 4.75. The molecule has 0 aromatic carbocycles. The fourth-order valence-electron chi connectivity index (χ4n) is 1.04. The van der Waals surface area contributed by atoms with Crippen molar-refractivity contribution in [2.45, 2.75) is 25.6 Å². The normalized spacial score (nSPS) is 32.1. The highest BCUT2D eigenvalue weighted by atomic mass is 16.3. The van der Waals surface area contributed by atoms with E-state index in [1.165, 1.54) is 0 Å². The highest BCUT2D eigenvalue weighted by molar-refractivity contribution is 5.24. The molecule has 1 aliphatic carbocycles. The van der Waals surface area contributed by atoms with Gasteiger partial charge in [-0.25, -0.2) is 0 Å². The van der Waals surface area contributed by atoms with Gasteiger partial charge in [-0.2, -0.15) is 0 Å². The molecule has 0 amide bonds. The van der Waals surface area contributed by atoms with Gasteiger partial charge in [0, 0.05) is 0 Å². The van der Waals surface area contributed by atoms with E-state index in [4.69, 9.17) is 5.11 Å². The molecule has 1 aliphatic rings. The van der Waals surface area contributed by atoms with Crippen molar-refractivity contribution in [3.05, 3.63) is 23.8 Å². The second kappa shape index (κ2) is 2.99. The predicted octanol–water partition coefficient (Wildman–Crippen LogP) is 0.614. The predicted molar refractivity (Wildman–Crippen MR) is 39.5 cm³/mol. The van der Waals surface area contributed by atoms with E-state index in [-0.39, 0.29) is 0 Å². The Kier molecular flexibility index (Phi) is 2.25. The fourth-order valence-corrected chi connectivity index (χ4v) is 1.04. The van der Waals surface area contributed by atoms with Gasteiger partial charge >= 0.3 is 0 Å². The molecule has 0 aromatic rings. The second-order valence-electron chi connectivity index (χ2n) is 2.42. The summed E-state index contributed by atoms with van der Waals surface area (Å²) >= 11 is 0. The molecule has 2 unspecified atom stereocenters. The lowest BCUT2D eigenvalue weighted by atomic mass is 9.97. The summed E-state index contributed by atoms with van der Waals surface area (Å²) in [7, 11) is 0. The van der Waals surface area contributed by atoms with Crippen LogP contribution >= 0.6 is 0 Å². The smallest absolute Gasteiger partial charge is 0.105 e. The van der Waals surface area contributed by atoms with Crippen molar-refractivity contribution < 1.29 is 10.2 Å². The standard InChI is InChI=1S/C8H12O2/c1-2-6-4-3-5-7(9)8(6)10/h3-5,7-10H,2H2,1H3. The largest absolute Gasteiger partial charge is 0.386 e. The summed E-state index contributed by atoms with van der Waals surface area (Å²) in [5.41, 5.74) is 0.898. The van der Waals surface area contributed by atoms with Gasteiger partial charge in [0.1, 0.15) is 12.2 Å². The number of hydrogen-bond acceptors (Lipinski definition) is 2. The molecular weight excluding hydrogens is 128 g/mol. The van der Waals surface area contributed by atoms with Gasteiger partial charge in [0.05, 0.1) is 0 Å². The lowest BCUT2D eigenvalue weighted by Gasteiger charge is -2.19. The van der Waals surface area contributed by atoms with Gasteiger partial charge in [-0.3, -0.25) is 0 Å². The van der Waals surface area contributed by atoms with Gasteiger partial charge in [0.15, 0.2) is 0 Å². The molecule has 1 rings (SSSR count). The number of hydrogen-bond donors (Lipinski definition) is 2. The number of aliphatic hydroxyl groups is 2. The Morgan fingerprint density at radius 1 is 1.50 bits per heavy atom. The molecule has 2 atom stereocenters. The Morgan fingerprint density at radius 3 is 2.70 bits per heavy atom. The van der Waals surface area contributed by atoms with Crippen LogP contribution in [0.4, 0.5) is 0 Å². The van der Waals surface area contributed by atoms with Crippen molar-refractivity contribution in [1.82, 2.24) is 0 Å². The van der Waals surface area contributed by atoms with Crippen LogP contribution in [0.15, 0.2) is 23.8 Å². The first kappa shape index (κ1) is 7.51. The summed E-state index contributed by atoms with van der Waals surface area (Å²) in [5, 5.41) is 18.4. The summed E-state index contributed by atoms with van der Waals surface area (Å²) in [6.07, 6.45) is 4.61. The van der Waals surface area contributed by atoms with E-state index in [0.717, 1.165) is 12.0 Å². The molecule has 0 aromatic heterocycles. The molecule has 10 heavy (non-hydrogen) atoms. The molecule has 0 heterocycles. The van der Waals surface area contributed by atoms with Crippen molar-refractivity contribution in [2.24, 2.45) is 0 Å². The van der Waals surface area contributed by atoms with E-state index in [0.29, 0.717) is 0 Å². The van der Waals surface area contributed by atoms with Gasteiger partial charge in [0.25, 0.3) is 0 Å². The second-order valence-corrected chi connectivity index (χ2v) is 2.42. The van der Waals surface area contributed by atoms with Crippen molar-refractivity contribution in [2.75, 3.05) is 0 Å². The van der Waals surface area contributed by atoms with E-state index in [1.54, 1.807) is 12.2 Å². The third-order valence-corrected chi connectivity index (χ3v) is 1.73. The molecule has 0 fully saturated rings. The zero-order valence-corrected chi connectivity index (χ0v) is 5.99. The maximum atomic E-state index is 9.27. The minimum atomic E-state index is -0.708. The summed E-state index contributed by atoms with van der Waals surface area (Å²) in [6, 6.07) is 0. The zero-order chi connectivity index (χ0) is 7.56. The van der Waals surface area contributed by atoms with E-state index in [1.807, 2.05) is 13.0 Å². The molecule has 0 radical (unpaired) electrons. The van der Waals surface area contributed by atoms with Crippen LogP contribution < -0.4 is 0 Å². The molecule has 0 spiro atoms. The number of rotatable bonds is 1. The first-order valence-electron chi connectivity index (χ1n) is 3.49. The monoisotopic (exact) mass is 140 g/mol. The van der Waals surface area contributed by atoms with Crippen LogP contribution in [0.1, 0.15) is 13.3 Å². The topological polar surface area (TPSA) is 40.5 Å². The third-order valence-electron chi connectivity index (χ3n) is 1.73. The van der Waals surface area contributed by atoms with Gasteiger partial charge in [-0.1, -0.05) is 25.2 Å². The van der Waals surface area contributed by atoms with Crippen molar-refractivity contribution in [3.8, 4) is 0 Å². The number of allylic oxidation sites excluding steroid dienone is 2. The fraction of sp³-hybridized carbons (Fsp3) is 0.500. The quantitative estimate of drug-likeness (QED) is 0.560. The molecule has 0 saturated heterocycles. The van der Waals surface area contributed by atoms with E-state index in [2.05, 4.69) is 0 Å². The van der Waals surface area contributed by atoms with Gasteiger partial charge < -0.3 is 10.2 Å². The lowest BCUT2D eigenvalue weighted by Crippen LogP contribution is -2.27. The Bertz CT molecular complexity index is 170. The van der Waals surface area contributed by atoms with Crippen LogP contribution in [0.5, 0.6) is 0 Å². The van der Waals surface area contributed by atoms with Crippen LogP contribution in [0.2, 0.25) is 0 Å². The summed E-state index contributed by atoms with van der Waals surface area (Å²) < 4.78 is 0. The Labute approximate surface area is 60.5 Å². The average Bonchev–Trinajstić information content (AvgIpc) is 1.95. The highest BCUT2D eigenvalue weighted by Gasteiger charge is 2.18. The molecule has 2 heteroatoms. The summed E-state index contributed by atoms with van der Waals surface area (Å²) in [4.78, 5) is 0. The summed E-state index contributed by atoms with van der Waals surface area (Å²) in [6.45, 7) is 1.96. The maximum Gasteiger partial charge on any atom is 0.105 e. The molecule has 2 nitrogen and oxygen atoms in total. The minimum Gasteiger partial charge on any atom is -0.386 e. The van der Waals surface area contributed by atoms with Crippen molar-refractivity contribution in [3.63, 3.8) is 0 Å². The van der Waals surface area contributed by atoms with E-state index in [9.17, 15) is 5.11 Å². The molecule has 2 N–H and O–H groups in total. The minimum absolute atomic E-state index is 0.685. The molecule has 0 saturated carbocycles. The van der Waals surface area contributed by atoms with Gasteiger partial charge in [0.2, 0.25) is 0 Å². The number of aliphatic hydroxyl groups excluding tert-OH is 2. The lowest BCUT2D eigenvalue weighted by molar-refractivity contribution is 0.0697. The van der Waals surface area contributed by atoms with Crippen LogP contribution in [0.25, 0.3) is 0 Å². The molecule has 0 aliphatic heterocycles. The molecule has 56 valence electrons. The van der Waals surface area contributed by atoms with Crippen LogP contribution in [0, 0.1) is 0 Å². The third kappa shape index (κ3) is 1.28. The van der Waals surface area contributed by atoms with Gasteiger partial charge in [-0.05, 0) is 12.0 Å². The van der Waals surface area contributed by atoms with Crippen LogP contribution in [-0.4, -0.2) is 22.4 Å². The van der Waals surface area contributed by atoms with E-state index >= 15 is 0 Å². The van der Waals surface area contributed by atoms with Crippen molar-refractivity contribution in [1.29, 1.82) is 0 Å². The highest BCUT2D eigenvalue weighted by Crippen LogP contribution is 2.15. The zero-order valence-electron chi connectivity index (χ0n) is 5.99. The average molecular weight is 140 g/mol. The maximum absolute atomic E-state index is 9.27. The molecular formula is C8H12O2.